The molecule has 0 radical (unpaired) electrons. The van der Waals surface area contributed by atoms with Crippen LogP contribution in [0.4, 0.5) is 0 Å². The van der Waals surface area contributed by atoms with E-state index in [0.29, 0.717) is 28.0 Å². The van der Waals surface area contributed by atoms with Gasteiger partial charge in [0.1, 0.15) is 5.52 Å². The molecule has 0 fully saturated rings. The Labute approximate surface area is 171 Å². The third kappa shape index (κ3) is 4.17. The van der Waals surface area contributed by atoms with Crippen LogP contribution in [0.15, 0.2) is 77.6 Å². The number of nitrogens with zero attached hydrogens (tertiary/aromatic N) is 3. The largest absolute Gasteiger partial charge is 0.348 e. The van der Waals surface area contributed by atoms with Gasteiger partial charge >= 0.3 is 0 Å². The summed E-state index contributed by atoms with van der Waals surface area (Å²) in [4.78, 5) is 24.9. The molecule has 1 heterocycles. The van der Waals surface area contributed by atoms with Crippen molar-refractivity contribution < 1.29 is 4.79 Å². The zero-order valence-electron chi connectivity index (χ0n) is 15.4. The van der Waals surface area contributed by atoms with Crippen molar-refractivity contribution in [3.63, 3.8) is 0 Å². The van der Waals surface area contributed by atoms with E-state index in [1.807, 2.05) is 24.3 Å². The molecule has 3 aromatic carbocycles. The van der Waals surface area contributed by atoms with E-state index in [4.69, 9.17) is 11.6 Å². The maximum atomic E-state index is 12.5. The molecule has 6 nitrogen and oxygen atoms in total. The van der Waals surface area contributed by atoms with Crippen LogP contribution >= 0.6 is 11.6 Å². The summed E-state index contributed by atoms with van der Waals surface area (Å²) in [6.45, 7) is 0.626. The van der Waals surface area contributed by atoms with E-state index in [0.717, 1.165) is 11.1 Å². The summed E-state index contributed by atoms with van der Waals surface area (Å²) in [6.07, 6.45) is 0. The summed E-state index contributed by atoms with van der Waals surface area (Å²) in [5.74, 6) is -0.195. The second-order valence-electron chi connectivity index (χ2n) is 6.54. The molecule has 0 saturated carbocycles. The Morgan fingerprint density at radius 1 is 0.966 bits per heavy atom. The molecule has 0 saturated heterocycles. The number of fused-ring (bicyclic) bond motifs is 1. The molecule has 7 heteroatoms. The molecular formula is C22H17ClN4O2. The fourth-order valence-corrected chi connectivity index (χ4v) is 3.18. The van der Waals surface area contributed by atoms with Gasteiger partial charge in [0.05, 0.1) is 11.9 Å². The number of halogens is 1. The van der Waals surface area contributed by atoms with Crippen molar-refractivity contribution in [2.45, 2.75) is 13.1 Å². The number of hydrogen-bond donors (Lipinski definition) is 1. The average molecular weight is 405 g/mol. The number of benzene rings is 3. The van der Waals surface area contributed by atoms with Crippen molar-refractivity contribution in [3.8, 4) is 0 Å². The van der Waals surface area contributed by atoms with Crippen LogP contribution in [0.25, 0.3) is 10.9 Å². The van der Waals surface area contributed by atoms with Crippen molar-refractivity contribution >= 4 is 28.4 Å². The quantitative estimate of drug-likeness (QED) is 0.553. The Morgan fingerprint density at radius 3 is 2.48 bits per heavy atom. The van der Waals surface area contributed by atoms with Crippen molar-refractivity contribution in [1.29, 1.82) is 0 Å². The van der Waals surface area contributed by atoms with Gasteiger partial charge in [0, 0.05) is 17.1 Å². The van der Waals surface area contributed by atoms with E-state index >= 15 is 0 Å². The summed E-state index contributed by atoms with van der Waals surface area (Å²) in [7, 11) is 0. The monoisotopic (exact) mass is 404 g/mol. The molecule has 0 aliphatic rings. The van der Waals surface area contributed by atoms with Gasteiger partial charge in [-0.2, -0.15) is 0 Å². The van der Waals surface area contributed by atoms with Gasteiger partial charge in [0.15, 0.2) is 0 Å². The first-order valence-corrected chi connectivity index (χ1v) is 9.43. The normalized spacial score (nSPS) is 10.8. The van der Waals surface area contributed by atoms with Crippen LogP contribution < -0.4 is 10.9 Å². The standard InChI is InChI=1S/C22H17ClN4O2/c23-19-7-3-1-5-17(19)13-24-21(28)16-11-9-15(10-12-16)14-27-22(29)18-6-2-4-8-20(18)25-26-27/h1-12H,13-14H2,(H,24,28). The predicted molar refractivity (Wildman–Crippen MR) is 112 cm³/mol. The van der Waals surface area contributed by atoms with E-state index in [1.54, 1.807) is 48.5 Å². The van der Waals surface area contributed by atoms with Crippen LogP contribution in [0, 0.1) is 0 Å². The Morgan fingerprint density at radius 2 is 1.69 bits per heavy atom. The van der Waals surface area contributed by atoms with E-state index < -0.39 is 0 Å². The predicted octanol–water partition coefficient (Wildman–Crippen LogP) is 3.42. The molecule has 4 aromatic rings. The lowest BCUT2D eigenvalue weighted by Crippen LogP contribution is -2.25. The highest BCUT2D eigenvalue weighted by molar-refractivity contribution is 6.31. The molecule has 0 atom stereocenters. The molecule has 0 aliphatic carbocycles. The number of nitrogens with one attached hydrogen (secondary N) is 1. The lowest BCUT2D eigenvalue weighted by molar-refractivity contribution is 0.0951. The smallest absolute Gasteiger partial charge is 0.277 e. The number of aromatic nitrogens is 3. The lowest BCUT2D eigenvalue weighted by Gasteiger charge is -2.08. The summed E-state index contributed by atoms with van der Waals surface area (Å²) >= 11 is 6.11. The zero-order valence-corrected chi connectivity index (χ0v) is 16.1. The maximum Gasteiger partial charge on any atom is 0.277 e. The number of carbonyl (C=O) groups excluding carboxylic acids is 1. The van der Waals surface area contributed by atoms with E-state index in [2.05, 4.69) is 15.6 Å². The molecular weight excluding hydrogens is 388 g/mol. The summed E-state index contributed by atoms with van der Waals surface area (Å²) in [5.41, 5.74) is 2.60. The third-order valence-electron chi connectivity index (χ3n) is 4.58. The first-order valence-electron chi connectivity index (χ1n) is 9.05. The van der Waals surface area contributed by atoms with Crippen molar-refractivity contribution in [2.24, 2.45) is 0 Å². The van der Waals surface area contributed by atoms with Crippen molar-refractivity contribution in [1.82, 2.24) is 20.3 Å². The van der Waals surface area contributed by atoms with Gasteiger partial charge in [0.25, 0.3) is 11.5 Å². The number of carbonyl (C=O) groups is 1. The Kier molecular flexibility index (Phi) is 5.35. The first-order chi connectivity index (χ1) is 14.1. The minimum Gasteiger partial charge on any atom is -0.348 e. The zero-order chi connectivity index (χ0) is 20.2. The van der Waals surface area contributed by atoms with Crippen molar-refractivity contribution in [2.75, 3.05) is 0 Å². The van der Waals surface area contributed by atoms with Crippen LogP contribution in [0.2, 0.25) is 5.02 Å². The Hall–Kier alpha value is -3.51. The number of rotatable bonds is 5. The summed E-state index contributed by atoms with van der Waals surface area (Å²) in [5, 5.41) is 12.1. The molecule has 0 spiro atoms. The van der Waals surface area contributed by atoms with Gasteiger partial charge in [-0.05, 0) is 41.5 Å². The van der Waals surface area contributed by atoms with Crippen LogP contribution in [0.5, 0.6) is 0 Å². The SMILES string of the molecule is O=C(NCc1ccccc1Cl)c1ccc(Cn2nnc3ccccc3c2=O)cc1. The average Bonchev–Trinajstić information content (AvgIpc) is 2.75. The highest BCUT2D eigenvalue weighted by Gasteiger charge is 2.09. The van der Waals surface area contributed by atoms with Gasteiger partial charge in [0.2, 0.25) is 0 Å². The van der Waals surface area contributed by atoms with E-state index in [9.17, 15) is 9.59 Å². The fourth-order valence-electron chi connectivity index (χ4n) is 2.98. The van der Waals surface area contributed by atoms with Crippen LogP contribution in [-0.2, 0) is 13.1 Å². The van der Waals surface area contributed by atoms with E-state index in [-0.39, 0.29) is 18.0 Å². The summed E-state index contributed by atoms with van der Waals surface area (Å²) < 4.78 is 1.31. The van der Waals surface area contributed by atoms with Crippen LogP contribution in [-0.4, -0.2) is 20.9 Å². The van der Waals surface area contributed by atoms with Crippen LogP contribution in [0.3, 0.4) is 0 Å². The van der Waals surface area contributed by atoms with Crippen molar-refractivity contribution in [3.05, 3.63) is 105 Å². The van der Waals surface area contributed by atoms with Gasteiger partial charge in [-0.3, -0.25) is 9.59 Å². The van der Waals surface area contributed by atoms with Gasteiger partial charge in [-0.15, -0.1) is 5.10 Å². The molecule has 1 aromatic heterocycles. The molecule has 29 heavy (non-hydrogen) atoms. The maximum absolute atomic E-state index is 12.5. The lowest BCUT2D eigenvalue weighted by atomic mass is 10.1. The van der Waals surface area contributed by atoms with Gasteiger partial charge < -0.3 is 5.32 Å². The molecule has 1 amide bonds. The second kappa shape index (κ2) is 8.24. The molecule has 1 N–H and O–H groups in total. The number of hydrogen-bond acceptors (Lipinski definition) is 4. The Bertz CT molecular complexity index is 1240. The molecule has 4 rings (SSSR count). The Balaban J connectivity index is 1.45. The molecule has 0 aliphatic heterocycles. The van der Waals surface area contributed by atoms with Crippen LogP contribution in [0.1, 0.15) is 21.5 Å². The first kappa shape index (κ1) is 18.8. The summed E-state index contributed by atoms with van der Waals surface area (Å²) in [6, 6.07) is 21.5. The highest BCUT2D eigenvalue weighted by Crippen LogP contribution is 2.14. The van der Waals surface area contributed by atoms with Gasteiger partial charge in [-0.1, -0.05) is 59.3 Å². The highest BCUT2D eigenvalue weighted by atomic mass is 35.5. The molecule has 0 unspecified atom stereocenters. The van der Waals surface area contributed by atoms with E-state index in [1.165, 1.54) is 4.68 Å². The molecule has 0 bridgehead atoms. The topological polar surface area (TPSA) is 76.9 Å². The minimum absolute atomic E-state index is 0.195. The molecule has 144 valence electrons. The fraction of sp³-hybridized carbons (Fsp3) is 0.0909. The van der Waals surface area contributed by atoms with Gasteiger partial charge in [-0.25, -0.2) is 4.68 Å². The third-order valence-corrected chi connectivity index (χ3v) is 4.94. The second-order valence-corrected chi connectivity index (χ2v) is 6.95. The minimum atomic E-state index is -0.197. The number of amides is 1.